The molecule has 3 heterocycles. The van der Waals surface area contributed by atoms with Gasteiger partial charge in [-0.3, -0.25) is 0 Å². The zero-order valence-corrected chi connectivity index (χ0v) is 17.3. The molecule has 0 bridgehead atoms. The van der Waals surface area contributed by atoms with E-state index in [0.29, 0.717) is 24.0 Å². The highest BCUT2D eigenvalue weighted by atomic mass is 32.2. The van der Waals surface area contributed by atoms with Crippen LogP contribution in [0.25, 0.3) is 0 Å². The van der Waals surface area contributed by atoms with Crippen molar-refractivity contribution in [1.29, 1.82) is 0 Å². The lowest BCUT2D eigenvalue weighted by molar-refractivity contribution is 0.579. The monoisotopic (exact) mass is 416 g/mol. The molecule has 0 unspecified atom stereocenters. The standard InChI is InChI=1S/C18H24N8O2S/c1-13(2)18-23-17(12-26(18)3)29(27,28)21-11-10-20-15-7-8-16(25-24-15)22-14-6-4-5-9-19-14/h4-9,12-13,21H,10-11H2,1-3H3,(H,20,24)(H,19,22,25). The number of hydrogen-bond acceptors (Lipinski definition) is 8. The van der Waals surface area contributed by atoms with Crippen LogP contribution in [0.15, 0.2) is 47.8 Å². The molecule has 0 fully saturated rings. The van der Waals surface area contributed by atoms with Crippen LogP contribution in [0, 0.1) is 0 Å². The summed E-state index contributed by atoms with van der Waals surface area (Å²) in [5.41, 5.74) is 0. The number of nitrogens with zero attached hydrogens (tertiary/aromatic N) is 5. The fourth-order valence-corrected chi connectivity index (χ4v) is 3.66. The lowest BCUT2D eigenvalue weighted by Crippen LogP contribution is -2.29. The average molecular weight is 417 g/mol. The number of sulfonamides is 1. The topological polar surface area (TPSA) is 127 Å². The van der Waals surface area contributed by atoms with Crippen LogP contribution >= 0.6 is 0 Å². The number of anilines is 3. The van der Waals surface area contributed by atoms with Gasteiger partial charge in [-0.15, -0.1) is 10.2 Å². The maximum Gasteiger partial charge on any atom is 0.259 e. The molecule has 0 saturated heterocycles. The predicted molar refractivity (Wildman–Crippen MR) is 111 cm³/mol. The molecule has 3 aromatic heterocycles. The Bertz CT molecular complexity index is 1030. The van der Waals surface area contributed by atoms with Crippen molar-refractivity contribution in [3.05, 3.63) is 48.5 Å². The summed E-state index contributed by atoms with van der Waals surface area (Å²) in [4.78, 5) is 8.37. The van der Waals surface area contributed by atoms with Gasteiger partial charge in [-0.2, -0.15) is 0 Å². The quantitative estimate of drug-likeness (QED) is 0.451. The van der Waals surface area contributed by atoms with Gasteiger partial charge >= 0.3 is 0 Å². The number of aryl methyl sites for hydroxylation is 1. The van der Waals surface area contributed by atoms with Gasteiger partial charge in [-0.05, 0) is 24.3 Å². The van der Waals surface area contributed by atoms with Gasteiger partial charge < -0.3 is 15.2 Å². The van der Waals surface area contributed by atoms with Crippen molar-refractivity contribution in [2.45, 2.75) is 24.8 Å². The van der Waals surface area contributed by atoms with Gasteiger partial charge in [0.05, 0.1) is 0 Å². The first-order valence-electron chi connectivity index (χ1n) is 9.14. The third kappa shape index (κ3) is 5.48. The molecule has 10 nitrogen and oxygen atoms in total. The van der Waals surface area contributed by atoms with Crippen molar-refractivity contribution in [2.24, 2.45) is 7.05 Å². The second-order valence-corrected chi connectivity index (χ2v) is 8.39. The molecule has 0 aliphatic rings. The van der Waals surface area contributed by atoms with Crippen molar-refractivity contribution in [3.63, 3.8) is 0 Å². The third-order valence-electron chi connectivity index (χ3n) is 3.99. The SMILES string of the molecule is CC(C)c1nc(S(=O)(=O)NCCNc2ccc(Nc3ccccn3)nn2)cn1C. The lowest BCUT2D eigenvalue weighted by atomic mass is 10.2. The zero-order chi connectivity index (χ0) is 20.9. The fraction of sp³-hybridized carbons (Fsp3) is 0.333. The first-order valence-corrected chi connectivity index (χ1v) is 10.6. The van der Waals surface area contributed by atoms with Gasteiger partial charge in [0.1, 0.15) is 17.5 Å². The Morgan fingerprint density at radius 1 is 1.03 bits per heavy atom. The van der Waals surface area contributed by atoms with Crippen molar-refractivity contribution in [2.75, 3.05) is 23.7 Å². The Kier molecular flexibility index (Phi) is 6.39. The summed E-state index contributed by atoms with van der Waals surface area (Å²) < 4.78 is 29.0. The molecule has 0 saturated carbocycles. The molecule has 29 heavy (non-hydrogen) atoms. The summed E-state index contributed by atoms with van der Waals surface area (Å²) in [6.45, 7) is 4.47. The average Bonchev–Trinajstić information content (AvgIpc) is 3.10. The Morgan fingerprint density at radius 2 is 1.79 bits per heavy atom. The maximum absolute atomic E-state index is 12.4. The number of imidazole rings is 1. The summed E-state index contributed by atoms with van der Waals surface area (Å²) in [6.07, 6.45) is 3.20. The predicted octanol–water partition coefficient (Wildman–Crippen LogP) is 1.86. The second-order valence-electron chi connectivity index (χ2n) is 6.67. The summed E-state index contributed by atoms with van der Waals surface area (Å²) in [6, 6.07) is 9.03. The molecular weight excluding hydrogens is 392 g/mol. The summed E-state index contributed by atoms with van der Waals surface area (Å²) in [5, 5.41) is 14.2. The lowest BCUT2D eigenvalue weighted by Gasteiger charge is -2.08. The molecule has 0 aliphatic carbocycles. The van der Waals surface area contributed by atoms with Crippen LogP contribution in [0.4, 0.5) is 17.5 Å². The number of pyridine rings is 1. The van der Waals surface area contributed by atoms with E-state index in [1.807, 2.05) is 32.0 Å². The number of rotatable bonds is 9. The Hall–Kier alpha value is -3.05. The van der Waals surface area contributed by atoms with E-state index in [1.54, 1.807) is 29.9 Å². The van der Waals surface area contributed by atoms with Gasteiger partial charge in [0.25, 0.3) is 10.0 Å². The van der Waals surface area contributed by atoms with E-state index in [0.717, 1.165) is 5.82 Å². The molecule has 154 valence electrons. The Balaban J connectivity index is 1.49. The highest BCUT2D eigenvalue weighted by Gasteiger charge is 2.20. The van der Waals surface area contributed by atoms with Crippen molar-refractivity contribution < 1.29 is 8.42 Å². The van der Waals surface area contributed by atoms with Crippen molar-refractivity contribution in [3.8, 4) is 0 Å². The van der Waals surface area contributed by atoms with E-state index in [-0.39, 0.29) is 17.5 Å². The molecule has 3 N–H and O–H groups in total. The van der Waals surface area contributed by atoms with Gasteiger partial charge in [-0.25, -0.2) is 23.1 Å². The van der Waals surface area contributed by atoms with Crippen LogP contribution in [0.5, 0.6) is 0 Å². The van der Waals surface area contributed by atoms with Crippen LogP contribution in [0.1, 0.15) is 25.6 Å². The molecule has 0 aliphatic heterocycles. The van der Waals surface area contributed by atoms with E-state index >= 15 is 0 Å². The van der Waals surface area contributed by atoms with Crippen LogP contribution in [0.3, 0.4) is 0 Å². The third-order valence-corrected chi connectivity index (χ3v) is 5.32. The molecule has 0 aromatic carbocycles. The minimum absolute atomic E-state index is 0.0217. The zero-order valence-electron chi connectivity index (χ0n) is 16.5. The van der Waals surface area contributed by atoms with Crippen LogP contribution in [-0.2, 0) is 17.1 Å². The summed E-state index contributed by atoms with van der Waals surface area (Å²) in [5.74, 6) is 2.63. The van der Waals surface area contributed by atoms with Crippen LogP contribution in [0.2, 0.25) is 0 Å². The molecular formula is C18H24N8O2S. The smallest absolute Gasteiger partial charge is 0.259 e. The van der Waals surface area contributed by atoms with Crippen LogP contribution in [-0.4, -0.2) is 46.2 Å². The van der Waals surface area contributed by atoms with Crippen molar-refractivity contribution in [1.82, 2.24) is 29.5 Å². The number of nitrogens with one attached hydrogen (secondary N) is 3. The van der Waals surface area contributed by atoms with Crippen molar-refractivity contribution >= 4 is 27.5 Å². The van der Waals surface area contributed by atoms with E-state index in [2.05, 4.69) is 35.5 Å². The van der Waals surface area contributed by atoms with Gasteiger partial charge in [0.15, 0.2) is 10.8 Å². The minimum Gasteiger partial charge on any atom is -0.367 e. The molecule has 0 radical (unpaired) electrons. The summed E-state index contributed by atoms with van der Waals surface area (Å²) in [7, 11) is -1.88. The van der Waals surface area contributed by atoms with Gasteiger partial charge in [-0.1, -0.05) is 19.9 Å². The first-order chi connectivity index (χ1) is 13.8. The van der Waals surface area contributed by atoms with E-state index < -0.39 is 10.0 Å². The largest absolute Gasteiger partial charge is 0.367 e. The Labute approximate surface area is 169 Å². The van der Waals surface area contributed by atoms with Gasteiger partial charge in [0, 0.05) is 38.4 Å². The van der Waals surface area contributed by atoms with E-state index in [4.69, 9.17) is 0 Å². The maximum atomic E-state index is 12.4. The molecule has 0 spiro atoms. The molecule has 3 rings (SSSR count). The highest BCUT2D eigenvalue weighted by molar-refractivity contribution is 7.89. The minimum atomic E-state index is -3.67. The van der Waals surface area contributed by atoms with Crippen LogP contribution < -0.4 is 15.4 Å². The molecule has 0 amide bonds. The molecule has 11 heteroatoms. The normalized spacial score (nSPS) is 11.6. The van der Waals surface area contributed by atoms with Gasteiger partial charge in [0.2, 0.25) is 0 Å². The van der Waals surface area contributed by atoms with E-state index in [1.165, 1.54) is 6.20 Å². The molecule has 3 aromatic rings. The molecule has 0 atom stereocenters. The van der Waals surface area contributed by atoms with E-state index in [9.17, 15) is 8.42 Å². The highest BCUT2D eigenvalue weighted by Crippen LogP contribution is 2.16. The fourth-order valence-electron chi connectivity index (χ4n) is 2.63. The number of hydrogen-bond donors (Lipinski definition) is 3. The number of aromatic nitrogens is 5. The summed E-state index contributed by atoms with van der Waals surface area (Å²) >= 11 is 0. The first kappa shape index (κ1) is 20.7. The second kappa shape index (κ2) is 8.97. The Morgan fingerprint density at radius 3 is 2.41 bits per heavy atom.